The summed E-state index contributed by atoms with van der Waals surface area (Å²) in [7, 11) is 0. The second-order valence-electron chi connectivity index (χ2n) is 2.97. The number of aldehydes is 1. The van der Waals surface area contributed by atoms with Crippen molar-refractivity contribution >= 4 is 17.2 Å². The Bertz CT molecular complexity index is 473. The Hall–Kier alpha value is -1.64. The predicted octanol–water partition coefficient (Wildman–Crippen LogP) is 2.43. The smallest absolute Gasteiger partial charge is 0.152 e. The number of benzene rings is 1. The van der Waals surface area contributed by atoms with Gasteiger partial charge in [-0.15, -0.1) is 0 Å². The number of carbonyl (C=O) groups is 1. The van der Waals surface area contributed by atoms with Gasteiger partial charge in [0.2, 0.25) is 0 Å². The fourth-order valence-electron chi connectivity index (χ4n) is 1.47. The molecule has 2 nitrogen and oxygen atoms in total. The number of carbonyl (C=O) groups excluding carboxylic acids is 1. The third-order valence-corrected chi connectivity index (χ3v) is 2.12. The molecular weight excluding hydrogens is 169 g/mol. The number of aromatic nitrogens is 1. The predicted molar refractivity (Wildman–Crippen MR) is 48.4 cm³/mol. The number of aromatic amines is 1. The normalized spacial score (nSPS) is 10.6. The SMILES string of the molecule is Cc1[nH]c2ccc(F)cc2c1C=O. The average molecular weight is 177 g/mol. The van der Waals surface area contributed by atoms with Crippen LogP contribution in [-0.2, 0) is 0 Å². The minimum atomic E-state index is -0.324. The van der Waals surface area contributed by atoms with Crippen molar-refractivity contribution < 1.29 is 9.18 Å². The topological polar surface area (TPSA) is 32.9 Å². The summed E-state index contributed by atoms with van der Waals surface area (Å²) in [6.07, 6.45) is 0.744. The second-order valence-corrected chi connectivity index (χ2v) is 2.97. The number of H-pyrrole nitrogens is 1. The van der Waals surface area contributed by atoms with Crippen molar-refractivity contribution in [1.29, 1.82) is 0 Å². The zero-order chi connectivity index (χ0) is 9.42. The van der Waals surface area contributed by atoms with Crippen LogP contribution in [-0.4, -0.2) is 11.3 Å². The number of fused-ring (bicyclic) bond motifs is 1. The molecule has 0 aliphatic rings. The molecule has 0 aliphatic heterocycles. The van der Waals surface area contributed by atoms with Gasteiger partial charge in [-0.05, 0) is 25.1 Å². The first-order valence-electron chi connectivity index (χ1n) is 3.95. The Morgan fingerprint density at radius 2 is 2.23 bits per heavy atom. The van der Waals surface area contributed by atoms with Crippen molar-refractivity contribution in [2.45, 2.75) is 6.92 Å². The lowest BCUT2D eigenvalue weighted by Crippen LogP contribution is -1.80. The maximum absolute atomic E-state index is 12.8. The van der Waals surface area contributed by atoms with Gasteiger partial charge in [-0.2, -0.15) is 0 Å². The number of nitrogens with one attached hydrogen (secondary N) is 1. The molecule has 0 saturated carbocycles. The van der Waals surface area contributed by atoms with Gasteiger partial charge < -0.3 is 4.98 Å². The van der Waals surface area contributed by atoms with E-state index in [2.05, 4.69) is 4.98 Å². The molecule has 0 radical (unpaired) electrons. The highest BCUT2D eigenvalue weighted by atomic mass is 19.1. The van der Waals surface area contributed by atoms with Gasteiger partial charge in [0, 0.05) is 22.2 Å². The Labute approximate surface area is 74.4 Å². The van der Waals surface area contributed by atoms with Crippen molar-refractivity contribution in [3.63, 3.8) is 0 Å². The summed E-state index contributed by atoms with van der Waals surface area (Å²) in [5.74, 6) is -0.324. The summed E-state index contributed by atoms with van der Waals surface area (Å²) < 4.78 is 12.8. The van der Waals surface area contributed by atoms with E-state index in [1.807, 2.05) is 0 Å². The van der Waals surface area contributed by atoms with Gasteiger partial charge in [0.25, 0.3) is 0 Å². The summed E-state index contributed by atoms with van der Waals surface area (Å²) in [5, 5.41) is 0.646. The molecule has 2 rings (SSSR count). The molecule has 0 fully saturated rings. The Morgan fingerprint density at radius 1 is 1.46 bits per heavy atom. The van der Waals surface area contributed by atoms with E-state index in [1.54, 1.807) is 13.0 Å². The van der Waals surface area contributed by atoms with Gasteiger partial charge >= 0.3 is 0 Å². The van der Waals surface area contributed by atoms with Crippen LogP contribution in [0.15, 0.2) is 18.2 Å². The summed E-state index contributed by atoms with van der Waals surface area (Å²) in [6.45, 7) is 1.79. The van der Waals surface area contributed by atoms with E-state index in [0.29, 0.717) is 10.9 Å². The van der Waals surface area contributed by atoms with Crippen LogP contribution in [0.1, 0.15) is 16.1 Å². The zero-order valence-corrected chi connectivity index (χ0v) is 7.10. The summed E-state index contributed by atoms with van der Waals surface area (Å²) in [4.78, 5) is 13.7. The maximum atomic E-state index is 12.8. The summed E-state index contributed by atoms with van der Waals surface area (Å²) in [5.41, 5.74) is 2.10. The first-order valence-corrected chi connectivity index (χ1v) is 3.95. The molecule has 1 N–H and O–H groups in total. The zero-order valence-electron chi connectivity index (χ0n) is 7.10. The van der Waals surface area contributed by atoms with Gasteiger partial charge in [-0.1, -0.05) is 0 Å². The van der Waals surface area contributed by atoms with Crippen molar-refractivity contribution in [3.8, 4) is 0 Å². The molecule has 0 unspecified atom stereocenters. The van der Waals surface area contributed by atoms with E-state index in [-0.39, 0.29) is 5.82 Å². The number of aryl methyl sites for hydroxylation is 1. The van der Waals surface area contributed by atoms with Crippen molar-refractivity contribution in [3.05, 3.63) is 35.3 Å². The van der Waals surface area contributed by atoms with Gasteiger partial charge in [0.15, 0.2) is 6.29 Å². The van der Waals surface area contributed by atoms with E-state index < -0.39 is 0 Å². The molecule has 66 valence electrons. The minimum Gasteiger partial charge on any atom is -0.358 e. The quantitative estimate of drug-likeness (QED) is 0.666. The molecular formula is C10H8FNO. The summed E-state index contributed by atoms with van der Waals surface area (Å²) in [6, 6.07) is 4.36. The molecule has 2 aromatic rings. The van der Waals surface area contributed by atoms with Gasteiger partial charge in [-0.3, -0.25) is 4.79 Å². The van der Waals surface area contributed by atoms with Gasteiger partial charge in [0.05, 0.1) is 0 Å². The molecule has 0 saturated heterocycles. The van der Waals surface area contributed by atoms with Crippen molar-refractivity contribution in [2.75, 3.05) is 0 Å². The van der Waals surface area contributed by atoms with E-state index >= 15 is 0 Å². The Kier molecular flexibility index (Phi) is 1.65. The lowest BCUT2D eigenvalue weighted by Gasteiger charge is -1.90. The average Bonchev–Trinajstić information content (AvgIpc) is 2.40. The molecule has 1 aromatic carbocycles. The van der Waals surface area contributed by atoms with Gasteiger partial charge in [-0.25, -0.2) is 4.39 Å². The maximum Gasteiger partial charge on any atom is 0.152 e. The highest BCUT2D eigenvalue weighted by Crippen LogP contribution is 2.21. The molecule has 0 bridgehead atoms. The van der Waals surface area contributed by atoms with Gasteiger partial charge in [0.1, 0.15) is 5.82 Å². The van der Waals surface area contributed by atoms with Crippen LogP contribution < -0.4 is 0 Å². The first-order chi connectivity index (χ1) is 6.22. The largest absolute Gasteiger partial charge is 0.358 e. The highest BCUT2D eigenvalue weighted by molar-refractivity contribution is 5.98. The Balaban J connectivity index is 2.88. The first kappa shape index (κ1) is 7.98. The monoisotopic (exact) mass is 177 g/mol. The van der Waals surface area contributed by atoms with Crippen LogP contribution >= 0.6 is 0 Å². The standard InChI is InChI=1S/C10H8FNO/c1-6-9(5-13)8-4-7(11)2-3-10(8)12-6/h2-5,12H,1H3. The minimum absolute atomic E-state index is 0.324. The van der Waals surface area contributed by atoms with E-state index in [1.165, 1.54) is 12.1 Å². The lowest BCUT2D eigenvalue weighted by atomic mass is 10.1. The molecule has 1 aromatic heterocycles. The van der Waals surface area contributed by atoms with Crippen molar-refractivity contribution in [2.24, 2.45) is 0 Å². The van der Waals surface area contributed by atoms with Crippen LogP contribution in [0, 0.1) is 12.7 Å². The van der Waals surface area contributed by atoms with Crippen LogP contribution in [0.3, 0.4) is 0 Å². The Morgan fingerprint density at radius 3 is 2.92 bits per heavy atom. The molecule has 0 spiro atoms. The number of hydrogen-bond acceptors (Lipinski definition) is 1. The molecule has 0 aliphatic carbocycles. The number of hydrogen-bond donors (Lipinski definition) is 1. The fraction of sp³-hybridized carbons (Fsp3) is 0.100. The van der Waals surface area contributed by atoms with Crippen LogP contribution in [0.2, 0.25) is 0 Å². The number of halogens is 1. The lowest BCUT2D eigenvalue weighted by molar-refractivity contribution is 0.112. The van der Waals surface area contributed by atoms with Crippen LogP contribution in [0.5, 0.6) is 0 Å². The number of rotatable bonds is 1. The van der Waals surface area contributed by atoms with Crippen molar-refractivity contribution in [1.82, 2.24) is 4.98 Å². The highest BCUT2D eigenvalue weighted by Gasteiger charge is 2.07. The molecule has 0 atom stereocenters. The molecule has 0 amide bonds. The van der Waals surface area contributed by atoms with E-state index in [4.69, 9.17) is 0 Å². The molecule has 13 heavy (non-hydrogen) atoms. The fourth-order valence-corrected chi connectivity index (χ4v) is 1.47. The summed E-state index contributed by atoms with van der Waals surface area (Å²) >= 11 is 0. The second kappa shape index (κ2) is 2.69. The molecule has 1 heterocycles. The van der Waals surface area contributed by atoms with Crippen LogP contribution in [0.4, 0.5) is 4.39 Å². The van der Waals surface area contributed by atoms with Crippen LogP contribution in [0.25, 0.3) is 10.9 Å². The molecule has 3 heteroatoms. The van der Waals surface area contributed by atoms with E-state index in [9.17, 15) is 9.18 Å². The third kappa shape index (κ3) is 1.13. The third-order valence-electron chi connectivity index (χ3n) is 2.12. The van der Waals surface area contributed by atoms with E-state index in [0.717, 1.165) is 17.5 Å².